The molecule has 0 bridgehead atoms. The van der Waals surface area contributed by atoms with E-state index in [4.69, 9.17) is 9.15 Å². The molecule has 0 fully saturated rings. The minimum Gasteiger partial charge on any atom is -0.497 e. The van der Waals surface area contributed by atoms with E-state index in [0.29, 0.717) is 18.1 Å². The van der Waals surface area contributed by atoms with Crippen LogP contribution in [0.3, 0.4) is 0 Å². The Bertz CT molecular complexity index is 780. The van der Waals surface area contributed by atoms with Crippen LogP contribution in [0.15, 0.2) is 33.9 Å². The number of thioether (sulfide) groups is 1. The third kappa shape index (κ3) is 7.56. The highest BCUT2D eigenvalue weighted by Crippen LogP contribution is 2.19. The number of imide groups is 1. The molecule has 0 aliphatic carbocycles. The first-order valence-electron chi connectivity index (χ1n) is 7.47. The Hall–Kier alpha value is -2.76. The average molecular weight is 404 g/mol. The van der Waals surface area contributed by atoms with Crippen LogP contribution >= 0.6 is 11.8 Å². The zero-order chi connectivity index (χ0) is 19.9. The van der Waals surface area contributed by atoms with Gasteiger partial charge in [-0.05, 0) is 17.7 Å². The van der Waals surface area contributed by atoms with Crippen LogP contribution in [0.4, 0.5) is 18.0 Å². The Morgan fingerprint density at radius 1 is 1.22 bits per heavy atom. The lowest BCUT2D eigenvalue weighted by Crippen LogP contribution is -2.43. The fourth-order valence-corrected chi connectivity index (χ4v) is 2.38. The first kappa shape index (κ1) is 20.6. The Labute approximate surface area is 155 Å². The van der Waals surface area contributed by atoms with Crippen molar-refractivity contribution in [1.82, 2.24) is 20.8 Å². The molecule has 0 atom stereocenters. The average Bonchev–Trinajstić information content (AvgIpc) is 3.06. The predicted molar refractivity (Wildman–Crippen MR) is 88.4 cm³/mol. The zero-order valence-electron chi connectivity index (χ0n) is 14.0. The number of benzene rings is 1. The van der Waals surface area contributed by atoms with E-state index in [2.05, 4.69) is 10.2 Å². The van der Waals surface area contributed by atoms with Gasteiger partial charge in [-0.15, -0.1) is 10.2 Å². The van der Waals surface area contributed by atoms with Crippen molar-refractivity contribution in [3.8, 4) is 5.75 Å². The van der Waals surface area contributed by atoms with Crippen molar-refractivity contribution < 1.29 is 31.9 Å². The van der Waals surface area contributed by atoms with Crippen molar-refractivity contribution in [3.63, 3.8) is 0 Å². The summed E-state index contributed by atoms with van der Waals surface area (Å²) in [5, 5.41) is 11.0. The lowest BCUT2D eigenvalue weighted by molar-refractivity contribution is -0.124. The lowest BCUT2D eigenvalue weighted by atomic mass is 10.1. The second kappa shape index (κ2) is 9.26. The van der Waals surface area contributed by atoms with Crippen LogP contribution in [0.5, 0.6) is 5.75 Å². The van der Waals surface area contributed by atoms with Crippen LogP contribution < -0.4 is 15.4 Å². The summed E-state index contributed by atoms with van der Waals surface area (Å²) in [6.45, 7) is -1.53. The lowest BCUT2D eigenvalue weighted by Gasteiger charge is -2.08. The van der Waals surface area contributed by atoms with E-state index >= 15 is 0 Å². The summed E-state index contributed by atoms with van der Waals surface area (Å²) in [5.74, 6) is -0.0322. The molecule has 1 aromatic heterocycles. The molecular weight excluding hydrogens is 389 g/mol. The van der Waals surface area contributed by atoms with Crippen LogP contribution in [-0.4, -0.2) is 47.7 Å². The maximum atomic E-state index is 12.0. The number of urea groups is 1. The quantitative estimate of drug-likeness (QED) is 0.681. The van der Waals surface area contributed by atoms with Gasteiger partial charge in [0, 0.05) is 0 Å². The third-order valence-corrected chi connectivity index (χ3v) is 3.81. The van der Waals surface area contributed by atoms with Crippen molar-refractivity contribution in [2.75, 3.05) is 19.4 Å². The van der Waals surface area contributed by atoms with E-state index in [1.807, 2.05) is 12.1 Å². The predicted octanol–water partition coefficient (Wildman–Crippen LogP) is 2.15. The van der Waals surface area contributed by atoms with Crippen molar-refractivity contribution in [3.05, 3.63) is 35.7 Å². The minimum atomic E-state index is -4.56. The highest BCUT2D eigenvalue weighted by atomic mass is 32.2. The second-order valence-electron chi connectivity index (χ2n) is 5.12. The van der Waals surface area contributed by atoms with Crippen molar-refractivity contribution in [1.29, 1.82) is 0 Å². The summed E-state index contributed by atoms with van der Waals surface area (Å²) in [5.41, 5.74) is 0.912. The Kier molecular flexibility index (Phi) is 7.05. The summed E-state index contributed by atoms with van der Waals surface area (Å²) in [6.07, 6.45) is -4.18. The van der Waals surface area contributed by atoms with Gasteiger partial charge in [0.1, 0.15) is 12.3 Å². The number of amides is 3. The van der Waals surface area contributed by atoms with Gasteiger partial charge in [0.25, 0.3) is 5.22 Å². The van der Waals surface area contributed by atoms with Crippen LogP contribution in [0.2, 0.25) is 0 Å². The molecule has 2 N–H and O–H groups in total. The summed E-state index contributed by atoms with van der Waals surface area (Å²) >= 11 is 0.857. The number of methoxy groups -OCH3 is 1. The fraction of sp³-hybridized carbons (Fsp3) is 0.333. The second-order valence-corrected chi connectivity index (χ2v) is 6.05. The number of halogens is 3. The van der Waals surface area contributed by atoms with E-state index in [-0.39, 0.29) is 11.0 Å². The number of carbonyl (C=O) groups is 2. The van der Waals surface area contributed by atoms with Crippen LogP contribution in [-0.2, 0) is 11.2 Å². The normalized spacial score (nSPS) is 11.1. The van der Waals surface area contributed by atoms with Crippen molar-refractivity contribution in [2.45, 2.75) is 17.8 Å². The minimum absolute atomic E-state index is 0.101. The zero-order valence-corrected chi connectivity index (χ0v) is 14.8. The Balaban J connectivity index is 1.76. The van der Waals surface area contributed by atoms with E-state index in [1.165, 1.54) is 5.32 Å². The van der Waals surface area contributed by atoms with E-state index in [1.54, 1.807) is 24.6 Å². The molecule has 0 saturated carbocycles. The SMILES string of the molecule is COc1ccc(Cc2nnc(SCC(=O)NC(=O)NCC(F)(F)F)o2)cc1. The van der Waals surface area contributed by atoms with Crippen LogP contribution in [0, 0.1) is 0 Å². The molecule has 1 heterocycles. The summed E-state index contributed by atoms with van der Waals surface area (Å²) in [6, 6.07) is 6.01. The molecule has 12 heteroatoms. The van der Waals surface area contributed by atoms with Gasteiger partial charge < -0.3 is 14.5 Å². The van der Waals surface area contributed by atoms with Gasteiger partial charge >= 0.3 is 12.2 Å². The van der Waals surface area contributed by atoms with Crippen molar-refractivity contribution in [2.24, 2.45) is 0 Å². The van der Waals surface area contributed by atoms with Gasteiger partial charge in [-0.25, -0.2) is 4.79 Å². The first-order valence-corrected chi connectivity index (χ1v) is 8.46. The summed E-state index contributed by atoms with van der Waals surface area (Å²) in [4.78, 5) is 22.7. The number of aromatic nitrogens is 2. The molecule has 1 aromatic carbocycles. The van der Waals surface area contributed by atoms with Gasteiger partial charge in [-0.3, -0.25) is 10.1 Å². The molecule has 0 aliphatic heterocycles. The number of rotatable bonds is 7. The smallest absolute Gasteiger partial charge is 0.405 e. The third-order valence-electron chi connectivity index (χ3n) is 2.99. The molecule has 0 saturated heterocycles. The fourth-order valence-electron chi connectivity index (χ4n) is 1.80. The summed E-state index contributed by atoms with van der Waals surface area (Å²) in [7, 11) is 1.56. The first-order chi connectivity index (χ1) is 12.7. The number of hydrogen-bond acceptors (Lipinski definition) is 7. The molecular formula is C15H15F3N4O4S. The highest BCUT2D eigenvalue weighted by molar-refractivity contribution is 7.99. The molecule has 2 aromatic rings. The van der Waals surface area contributed by atoms with Gasteiger partial charge in [0.15, 0.2) is 0 Å². The number of hydrogen-bond donors (Lipinski definition) is 2. The van der Waals surface area contributed by atoms with E-state index in [9.17, 15) is 22.8 Å². The van der Waals surface area contributed by atoms with Crippen LogP contribution in [0.25, 0.3) is 0 Å². The van der Waals surface area contributed by atoms with Gasteiger partial charge in [0.05, 0.1) is 19.3 Å². The molecule has 0 radical (unpaired) electrons. The Morgan fingerprint density at radius 3 is 2.56 bits per heavy atom. The maximum absolute atomic E-state index is 12.0. The molecule has 27 heavy (non-hydrogen) atoms. The van der Waals surface area contributed by atoms with Gasteiger partial charge in [-0.2, -0.15) is 13.2 Å². The van der Waals surface area contributed by atoms with E-state index in [0.717, 1.165) is 17.3 Å². The van der Waals surface area contributed by atoms with Gasteiger partial charge in [-0.1, -0.05) is 23.9 Å². The number of nitrogens with zero attached hydrogens (tertiary/aromatic N) is 2. The number of alkyl halides is 3. The van der Waals surface area contributed by atoms with E-state index < -0.39 is 24.7 Å². The Morgan fingerprint density at radius 2 is 1.93 bits per heavy atom. The standard InChI is InChI=1S/C15H15F3N4O4S/c1-25-10-4-2-9(3-5-10)6-12-21-22-14(26-12)27-7-11(23)20-13(24)19-8-15(16,17)18/h2-5H,6-8H2,1H3,(H2,19,20,23,24). The largest absolute Gasteiger partial charge is 0.497 e. The topological polar surface area (TPSA) is 106 Å². The highest BCUT2D eigenvalue weighted by Gasteiger charge is 2.28. The number of nitrogens with one attached hydrogen (secondary N) is 2. The summed E-state index contributed by atoms with van der Waals surface area (Å²) < 4.78 is 46.3. The van der Waals surface area contributed by atoms with Gasteiger partial charge in [0.2, 0.25) is 11.8 Å². The number of carbonyl (C=O) groups excluding carboxylic acids is 2. The molecule has 0 unspecified atom stereocenters. The monoisotopic (exact) mass is 404 g/mol. The molecule has 0 spiro atoms. The molecule has 3 amide bonds. The maximum Gasteiger partial charge on any atom is 0.405 e. The molecule has 0 aliphatic rings. The van der Waals surface area contributed by atoms with Crippen molar-refractivity contribution >= 4 is 23.7 Å². The molecule has 2 rings (SSSR count). The molecule has 146 valence electrons. The molecule has 8 nitrogen and oxygen atoms in total. The number of ether oxygens (including phenoxy) is 1. The van der Waals surface area contributed by atoms with Crippen LogP contribution in [0.1, 0.15) is 11.5 Å².